The molecule has 0 rings (SSSR count). The fraction of sp³-hybridized carbons (Fsp3) is 0.929. The molecule has 0 aliphatic carbocycles. The molecule has 0 fully saturated rings. The van der Waals surface area contributed by atoms with Gasteiger partial charge in [-0.25, -0.2) is 4.79 Å². The molecule has 4 heteroatoms. The fourth-order valence-electron chi connectivity index (χ4n) is 1.48. The van der Waals surface area contributed by atoms with E-state index in [2.05, 4.69) is 21.0 Å². The maximum absolute atomic E-state index is 12.3. The predicted molar refractivity (Wildman–Crippen MR) is 71.8 cm³/mol. The number of carbonyl (C=O) groups excluding carboxylic acids is 1. The van der Waals surface area contributed by atoms with Crippen LogP contribution in [0.3, 0.4) is 0 Å². The Morgan fingerprint density at radius 2 is 1.56 bits per heavy atom. The molecule has 18 heavy (non-hydrogen) atoms. The summed E-state index contributed by atoms with van der Waals surface area (Å²) in [5, 5.41) is 0. The van der Waals surface area contributed by atoms with Crippen LogP contribution >= 0.6 is 0 Å². The average Bonchev–Trinajstić information content (AvgIpc) is 2.11. The normalized spacial score (nSPS) is 12.9. The van der Waals surface area contributed by atoms with E-state index in [1.54, 1.807) is 0 Å². The van der Waals surface area contributed by atoms with Crippen LogP contribution in [0.15, 0.2) is 0 Å². The molecule has 0 saturated carbocycles. The lowest BCUT2D eigenvalue weighted by Gasteiger charge is -2.43. The van der Waals surface area contributed by atoms with Gasteiger partial charge in [0.2, 0.25) is 0 Å². The van der Waals surface area contributed by atoms with E-state index < -0.39 is 11.1 Å². The summed E-state index contributed by atoms with van der Waals surface area (Å²) in [6.07, 6.45) is 2.27. The van der Waals surface area contributed by atoms with Crippen LogP contribution in [0.4, 0.5) is 0 Å². The second-order valence-electron chi connectivity index (χ2n) is 6.82. The number of hydrogen-bond acceptors (Lipinski definition) is 2. The van der Waals surface area contributed by atoms with Gasteiger partial charge < -0.3 is 26.2 Å². The van der Waals surface area contributed by atoms with Crippen molar-refractivity contribution in [3.05, 3.63) is 0 Å². The third-order valence-corrected chi connectivity index (χ3v) is 3.48. The van der Waals surface area contributed by atoms with E-state index in [4.69, 9.17) is 4.74 Å². The van der Waals surface area contributed by atoms with Crippen LogP contribution in [0, 0.1) is 0 Å². The molecule has 3 nitrogen and oxygen atoms in total. The molecule has 0 aromatic carbocycles. The summed E-state index contributed by atoms with van der Waals surface area (Å²) in [4.78, 5) is 12.3. The highest BCUT2D eigenvalue weighted by molar-refractivity contribution is 5.78. The summed E-state index contributed by atoms with van der Waals surface area (Å²) in [7, 11) is 4.19. The highest BCUT2D eigenvalue weighted by Gasteiger charge is 2.45. The smallest absolute Gasteiger partial charge is 0.368 e. The van der Waals surface area contributed by atoms with Gasteiger partial charge in [-0.3, -0.25) is 0 Å². The number of hydrogen-bond donors (Lipinski definition) is 0. The predicted octanol–water partition coefficient (Wildman–Crippen LogP) is -0.0128. The molecule has 0 aliphatic rings. The lowest BCUT2D eigenvalue weighted by atomic mass is 9.99. The van der Waals surface area contributed by atoms with Gasteiger partial charge in [0.1, 0.15) is 5.60 Å². The summed E-state index contributed by atoms with van der Waals surface area (Å²) in [6.45, 7) is 12.8. The van der Waals surface area contributed by atoms with Crippen molar-refractivity contribution >= 4 is 5.97 Å². The van der Waals surface area contributed by atoms with Crippen LogP contribution in [-0.2, 0) is 9.53 Å². The van der Waals surface area contributed by atoms with Crippen molar-refractivity contribution in [1.29, 1.82) is 0 Å². The van der Waals surface area contributed by atoms with E-state index in [0.29, 0.717) is 4.48 Å². The maximum atomic E-state index is 12.3. The number of halogens is 1. The van der Waals surface area contributed by atoms with Crippen LogP contribution in [0.5, 0.6) is 0 Å². The van der Waals surface area contributed by atoms with Crippen molar-refractivity contribution in [2.45, 2.75) is 65.5 Å². The quantitative estimate of drug-likeness (QED) is 0.525. The average molecular weight is 324 g/mol. The second kappa shape index (κ2) is 6.90. The number of carbonyl (C=O) groups is 1. The molecule has 0 saturated heterocycles. The van der Waals surface area contributed by atoms with Gasteiger partial charge in [0.15, 0.2) is 5.54 Å². The number of rotatable bonds is 5. The Morgan fingerprint density at radius 3 is 1.89 bits per heavy atom. The molecule has 0 radical (unpaired) electrons. The zero-order valence-corrected chi connectivity index (χ0v) is 14.8. The first-order chi connectivity index (χ1) is 7.44. The van der Waals surface area contributed by atoms with Crippen molar-refractivity contribution in [2.75, 3.05) is 20.6 Å². The van der Waals surface area contributed by atoms with E-state index in [-0.39, 0.29) is 23.0 Å². The Balaban J connectivity index is 0. The van der Waals surface area contributed by atoms with Crippen LogP contribution in [0.25, 0.3) is 0 Å². The van der Waals surface area contributed by atoms with Crippen molar-refractivity contribution < 1.29 is 31.0 Å². The monoisotopic (exact) mass is 323 g/mol. The largest absolute Gasteiger partial charge is 1.00 e. The van der Waals surface area contributed by atoms with Crippen molar-refractivity contribution in [3.63, 3.8) is 0 Å². The minimum atomic E-state index is -0.511. The third-order valence-electron chi connectivity index (χ3n) is 3.48. The van der Waals surface area contributed by atoms with Gasteiger partial charge in [0.25, 0.3) is 0 Å². The molecule has 0 amide bonds. The van der Waals surface area contributed by atoms with Gasteiger partial charge in [0.05, 0.1) is 20.6 Å². The minimum Gasteiger partial charge on any atom is -1.00 e. The second-order valence-corrected chi connectivity index (χ2v) is 6.82. The molecule has 110 valence electrons. The fourth-order valence-corrected chi connectivity index (χ4v) is 1.48. The SMILES string of the molecule is CCCC[N+](C)(C)C(C)(C)C(=O)OC(C)(C)C.[Br-]. The number of nitrogens with zero attached hydrogens (tertiary/aromatic N) is 1. The Bertz CT molecular complexity index is 267. The topological polar surface area (TPSA) is 26.3 Å². The summed E-state index contributed by atoms with van der Waals surface area (Å²) in [5.41, 5.74) is -0.929. The molecule has 0 bridgehead atoms. The minimum absolute atomic E-state index is 0. The van der Waals surface area contributed by atoms with Crippen LogP contribution in [-0.4, -0.2) is 42.2 Å². The lowest BCUT2D eigenvalue weighted by molar-refractivity contribution is -0.928. The molecule has 0 aromatic rings. The first kappa shape index (κ1) is 20.2. The van der Waals surface area contributed by atoms with Crippen LogP contribution in [0.2, 0.25) is 0 Å². The molecule has 0 heterocycles. The molecular weight excluding hydrogens is 294 g/mol. The van der Waals surface area contributed by atoms with Gasteiger partial charge in [-0.2, -0.15) is 0 Å². The molecule has 0 unspecified atom stereocenters. The Hall–Kier alpha value is -0.0900. The van der Waals surface area contributed by atoms with E-state index >= 15 is 0 Å². The van der Waals surface area contributed by atoms with Crippen molar-refractivity contribution in [2.24, 2.45) is 0 Å². The van der Waals surface area contributed by atoms with Gasteiger partial charge in [-0.15, -0.1) is 0 Å². The standard InChI is InChI=1S/C14H30NO2.BrH/c1-9-10-11-15(7,8)14(5,6)12(16)17-13(2,3)4;/h9-11H2,1-8H3;1H/q+1;/p-1. The molecular formula is C14H30BrNO2. The summed E-state index contributed by atoms with van der Waals surface area (Å²) >= 11 is 0. The third kappa shape index (κ3) is 5.70. The van der Waals surface area contributed by atoms with E-state index in [9.17, 15) is 4.79 Å². The number of unbranched alkanes of at least 4 members (excludes halogenated alkanes) is 1. The maximum Gasteiger partial charge on any atom is 0.368 e. The number of likely N-dealkylation sites (N-methyl/N-ethyl adjacent to an activating group) is 1. The molecule has 0 aliphatic heterocycles. The highest BCUT2D eigenvalue weighted by atomic mass is 79.9. The molecule has 0 spiro atoms. The van der Waals surface area contributed by atoms with E-state index in [1.807, 2.05) is 34.6 Å². The molecule has 0 aromatic heterocycles. The van der Waals surface area contributed by atoms with Crippen molar-refractivity contribution in [3.8, 4) is 0 Å². The van der Waals surface area contributed by atoms with Gasteiger partial charge in [-0.1, -0.05) is 13.3 Å². The van der Waals surface area contributed by atoms with Crippen LogP contribution in [0.1, 0.15) is 54.4 Å². The van der Waals surface area contributed by atoms with Crippen molar-refractivity contribution in [1.82, 2.24) is 0 Å². The van der Waals surface area contributed by atoms with E-state index in [1.165, 1.54) is 0 Å². The first-order valence-corrected chi connectivity index (χ1v) is 6.50. The summed E-state index contributed by atoms with van der Waals surface area (Å²) in [6, 6.07) is 0. The van der Waals surface area contributed by atoms with Crippen LogP contribution < -0.4 is 17.0 Å². The Kier molecular flexibility index (Phi) is 7.75. The van der Waals surface area contributed by atoms with Gasteiger partial charge >= 0.3 is 5.97 Å². The zero-order valence-electron chi connectivity index (χ0n) is 13.3. The van der Waals surface area contributed by atoms with Gasteiger partial charge in [0, 0.05) is 13.8 Å². The van der Waals surface area contributed by atoms with Gasteiger partial charge in [-0.05, 0) is 27.2 Å². The number of quaternary nitrogens is 1. The van der Waals surface area contributed by atoms with E-state index in [0.717, 1.165) is 19.4 Å². The number of esters is 1. The number of ether oxygens (including phenoxy) is 1. The Labute approximate surface area is 123 Å². The first-order valence-electron chi connectivity index (χ1n) is 6.50. The lowest BCUT2D eigenvalue weighted by Crippen LogP contribution is -3.00. The Morgan fingerprint density at radius 1 is 1.11 bits per heavy atom. The molecule has 0 atom stereocenters. The highest BCUT2D eigenvalue weighted by Crippen LogP contribution is 2.25. The summed E-state index contributed by atoms with van der Waals surface area (Å²) < 4.78 is 6.18. The molecule has 0 N–H and O–H groups in total. The zero-order chi connectivity index (χ0) is 13.9. The summed E-state index contributed by atoms with van der Waals surface area (Å²) in [5.74, 6) is -0.119.